The number of nitrogens with zero attached hydrogens (tertiary/aromatic N) is 1. The zero-order chi connectivity index (χ0) is 18.2. The molecule has 2 aromatic rings. The second kappa shape index (κ2) is 9.27. The van der Waals surface area contributed by atoms with Gasteiger partial charge in [-0.1, -0.05) is 25.1 Å². The highest BCUT2D eigenvalue weighted by molar-refractivity contribution is 5.91. The van der Waals surface area contributed by atoms with Crippen LogP contribution in [0.3, 0.4) is 0 Å². The summed E-state index contributed by atoms with van der Waals surface area (Å²) in [6.45, 7) is 5.04. The number of hydrogen-bond acceptors (Lipinski definition) is 3. The van der Waals surface area contributed by atoms with Crippen LogP contribution in [0.5, 0.6) is 0 Å². The van der Waals surface area contributed by atoms with Gasteiger partial charge in [0.2, 0.25) is 5.91 Å². The lowest BCUT2D eigenvalue weighted by molar-refractivity contribution is -0.115. The molecule has 1 amide bonds. The van der Waals surface area contributed by atoms with E-state index in [0.29, 0.717) is 13.0 Å². The van der Waals surface area contributed by atoms with Gasteiger partial charge in [-0.25, -0.2) is 0 Å². The van der Waals surface area contributed by atoms with Crippen molar-refractivity contribution in [2.45, 2.75) is 39.0 Å². The van der Waals surface area contributed by atoms with E-state index in [1.54, 1.807) is 0 Å². The fourth-order valence-electron chi connectivity index (χ4n) is 3.43. The van der Waals surface area contributed by atoms with Crippen LogP contribution in [0.25, 0.3) is 0 Å². The Morgan fingerprint density at radius 3 is 2.46 bits per heavy atom. The number of carbonyl (C=O) groups excluding carboxylic acids is 1. The summed E-state index contributed by atoms with van der Waals surface area (Å²) in [5.41, 5.74) is 4.45. The van der Waals surface area contributed by atoms with Gasteiger partial charge in [0.1, 0.15) is 0 Å². The lowest BCUT2D eigenvalue weighted by atomic mass is 10.1. The molecule has 3 rings (SSSR count). The maximum atomic E-state index is 12.2. The van der Waals surface area contributed by atoms with Crippen LogP contribution in [-0.2, 0) is 11.2 Å². The van der Waals surface area contributed by atoms with Crippen LogP contribution in [0.15, 0.2) is 48.5 Å². The monoisotopic (exact) mass is 351 g/mol. The molecule has 0 unspecified atom stereocenters. The molecule has 0 spiro atoms. The number of piperidine rings is 1. The van der Waals surface area contributed by atoms with Crippen molar-refractivity contribution in [3.63, 3.8) is 0 Å². The molecule has 1 saturated heterocycles. The third kappa shape index (κ3) is 5.01. The Balaban J connectivity index is 1.44. The van der Waals surface area contributed by atoms with Crippen molar-refractivity contribution >= 4 is 23.0 Å². The number of benzene rings is 2. The number of para-hydroxylation sites is 1. The molecule has 1 aliphatic heterocycles. The van der Waals surface area contributed by atoms with E-state index < -0.39 is 0 Å². The molecule has 1 fully saturated rings. The van der Waals surface area contributed by atoms with Crippen LogP contribution in [0, 0.1) is 0 Å². The predicted molar refractivity (Wildman–Crippen MR) is 110 cm³/mol. The van der Waals surface area contributed by atoms with Gasteiger partial charge in [0, 0.05) is 43.1 Å². The van der Waals surface area contributed by atoms with Crippen molar-refractivity contribution in [2.75, 3.05) is 35.2 Å². The highest BCUT2D eigenvalue weighted by atomic mass is 16.1. The molecule has 2 aromatic carbocycles. The minimum Gasteiger partial charge on any atom is -0.385 e. The molecule has 2 N–H and O–H groups in total. The standard InChI is InChI=1S/C22H29N3O/c1-2-18-8-4-5-9-21(18)24-22(26)14-15-23-19-10-12-20(13-11-19)25-16-6-3-7-17-25/h4-5,8-13,23H,2-3,6-7,14-17H2,1H3,(H,24,26). The molecule has 26 heavy (non-hydrogen) atoms. The van der Waals surface area contributed by atoms with E-state index >= 15 is 0 Å². The van der Waals surface area contributed by atoms with Crippen molar-refractivity contribution in [2.24, 2.45) is 0 Å². The zero-order valence-electron chi connectivity index (χ0n) is 15.6. The quantitative estimate of drug-likeness (QED) is 0.761. The number of amides is 1. The Hall–Kier alpha value is -2.49. The van der Waals surface area contributed by atoms with Crippen molar-refractivity contribution in [1.29, 1.82) is 0 Å². The smallest absolute Gasteiger partial charge is 0.226 e. The minimum atomic E-state index is 0.0448. The van der Waals surface area contributed by atoms with Gasteiger partial charge < -0.3 is 15.5 Å². The number of nitrogens with one attached hydrogen (secondary N) is 2. The van der Waals surface area contributed by atoms with Crippen LogP contribution in [0.1, 0.15) is 38.2 Å². The summed E-state index contributed by atoms with van der Waals surface area (Å²) in [7, 11) is 0. The summed E-state index contributed by atoms with van der Waals surface area (Å²) in [5, 5.41) is 6.35. The Morgan fingerprint density at radius 2 is 1.73 bits per heavy atom. The highest BCUT2D eigenvalue weighted by Crippen LogP contribution is 2.22. The molecule has 0 radical (unpaired) electrons. The van der Waals surface area contributed by atoms with Crippen LogP contribution in [-0.4, -0.2) is 25.5 Å². The molecule has 0 bridgehead atoms. The van der Waals surface area contributed by atoms with Gasteiger partial charge in [0.15, 0.2) is 0 Å². The topological polar surface area (TPSA) is 44.4 Å². The first-order valence-corrected chi connectivity index (χ1v) is 9.73. The van der Waals surface area contributed by atoms with Crippen molar-refractivity contribution in [3.8, 4) is 0 Å². The number of carbonyl (C=O) groups is 1. The van der Waals surface area contributed by atoms with Crippen LogP contribution < -0.4 is 15.5 Å². The molecular formula is C22H29N3O. The lowest BCUT2D eigenvalue weighted by Gasteiger charge is -2.28. The average molecular weight is 351 g/mol. The second-order valence-electron chi connectivity index (χ2n) is 6.83. The normalized spacial score (nSPS) is 14.1. The molecule has 4 heteroatoms. The molecular weight excluding hydrogens is 322 g/mol. The molecule has 138 valence electrons. The van der Waals surface area contributed by atoms with E-state index in [-0.39, 0.29) is 5.91 Å². The van der Waals surface area contributed by atoms with Crippen LogP contribution >= 0.6 is 0 Å². The van der Waals surface area contributed by atoms with Gasteiger partial charge in [-0.3, -0.25) is 4.79 Å². The van der Waals surface area contributed by atoms with E-state index in [4.69, 9.17) is 0 Å². The first-order valence-electron chi connectivity index (χ1n) is 9.73. The molecule has 0 aliphatic carbocycles. The fourth-order valence-corrected chi connectivity index (χ4v) is 3.43. The van der Waals surface area contributed by atoms with Gasteiger partial charge in [0.05, 0.1) is 0 Å². The van der Waals surface area contributed by atoms with Crippen molar-refractivity contribution in [1.82, 2.24) is 0 Å². The third-order valence-corrected chi connectivity index (χ3v) is 4.94. The molecule has 1 heterocycles. The third-order valence-electron chi connectivity index (χ3n) is 4.94. The van der Waals surface area contributed by atoms with E-state index in [2.05, 4.69) is 52.8 Å². The van der Waals surface area contributed by atoms with E-state index in [0.717, 1.165) is 30.9 Å². The van der Waals surface area contributed by atoms with E-state index in [9.17, 15) is 4.79 Å². The highest BCUT2D eigenvalue weighted by Gasteiger charge is 2.10. The number of aryl methyl sites for hydroxylation is 1. The van der Waals surface area contributed by atoms with E-state index in [1.165, 1.54) is 30.5 Å². The van der Waals surface area contributed by atoms with E-state index in [1.807, 2.05) is 18.2 Å². The summed E-state index contributed by atoms with van der Waals surface area (Å²) in [6, 6.07) is 16.5. The average Bonchev–Trinajstić information content (AvgIpc) is 2.69. The number of rotatable bonds is 7. The minimum absolute atomic E-state index is 0.0448. The second-order valence-corrected chi connectivity index (χ2v) is 6.83. The Bertz CT molecular complexity index is 706. The van der Waals surface area contributed by atoms with Gasteiger partial charge in [0.25, 0.3) is 0 Å². The maximum Gasteiger partial charge on any atom is 0.226 e. The summed E-state index contributed by atoms with van der Waals surface area (Å²) >= 11 is 0. The first-order chi connectivity index (χ1) is 12.8. The Kier molecular flexibility index (Phi) is 6.53. The molecule has 1 aliphatic rings. The molecule has 0 atom stereocenters. The summed E-state index contributed by atoms with van der Waals surface area (Å²) in [5.74, 6) is 0.0448. The Morgan fingerprint density at radius 1 is 1.00 bits per heavy atom. The number of hydrogen-bond donors (Lipinski definition) is 2. The van der Waals surface area contributed by atoms with Gasteiger partial charge in [-0.05, 0) is 61.6 Å². The van der Waals surface area contributed by atoms with Crippen molar-refractivity contribution < 1.29 is 4.79 Å². The van der Waals surface area contributed by atoms with Gasteiger partial charge in [-0.2, -0.15) is 0 Å². The SMILES string of the molecule is CCc1ccccc1NC(=O)CCNc1ccc(N2CCCCC2)cc1. The van der Waals surface area contributed by atoms with Gasteiger partial charge in [-0.15, -0.1) is 0 Å². The molecule has 0 aromatic heterocycles. The van der Waals surface area contributed by atoms with Crippen molar-refractivity contribution in [3.05, 3.63) is 54.1 Å². The predicted octanol–water partition coefficient (Wildman–Crippen LogP) is 4.68. The largest absolute Gasteiger partial charge is 0.385 e. The summed E-state index contributed by atoms with van der Waals surface area (Å²) in [4.78, 5) is 14.6. The first kappa shape index (κ1) is 18.3. The fraction of sp³-hybridized carbons (Fsp3) is 0.409. The van der Waals surface area contributed by atoms with Crippen LogP contribution in [0.4, 0.5) is 17.1 Å². The van der Waals surface area contributed by atoms with Crippen LogP contribution in [0.2, 0.25) is 0 Å². The summed E-state index contributed by atoms with van der Waals surface area (Å²) in [6.07, 6.45) is 5.29. The van der Waals surface area contributed by atoms with Gasteiger partial charge >= 0.3 is 0 Å². The maximum absolute atomic E-state index is 12.2. The lowest BCUT2D eigenvalue weighted by Crippen LogP contribution is -2.29. The Labute approximate surface area is 156 Å². The molecule has 0 saturated carbocycles. The number of anilines is 3. The summed E-state index contributed by atoms with van der Waals surface area (Å²) < 4.78 is 0. The zero-order valence-corrected chi connectivity index (χ0v) is 15.6. The molecule has 4 nitrogen and oxygen atoms in total.